The van der Waals surface area contributed by atoms with E-state index in [1.54, 1.807) is 17.8 Å². The summed E-state index contributed by atoms with van der Waals surface area (Å²) in [6.45, 7) is 2.52. The molecule has 1 aromatic carbocycles. The normalized spacial score (nSPS) is 10.8. The molecule has 2 rings (SSSR count). The van der Waals surface area contributed by atoms with E-state index in [0.29, 0.717) is 6.54 Å². The van der Waals surface area contributed by atoms with Gasteiger partial charge in [-0.15, -0.1) is 0 Å². The maximum Gasteiger partial charge on any atom is 0.290 e. The van der Waals surface area contributed by atoms with Gasteiger partial charge in [0.25, 0.3) is 11.7 Å². The number of hydrogen-bond acceptors (Lipinski definition) is 4. The van der Waals surface area contributed by atoms with Crippen molar-refractivity contribution in [1.29, 1.82) is 0 Å². The average Bonchev–Trinajstić information content (AvgIpc) is 2.56. The highest BCUT2D eigenvalue weighted by atomic mass is 32.2. The summed E-state index contributed by atoms with van der Waals surface area (Å²) in [6.07, 6.45) is 1.40. The second-order valence-electron chi connectivity index (χ2n) is 5.03. The van der Waals surface area contributed by atoms with E-state index in [-0.39, 0.29) is 28.3 Å². The fourth-order valence-electron chi connectivity index (χ4n) is 1.95. The molecule has 128 valence electrons. The van der Waals surface area contributed by atoms with Gasteiger partial charge in [-0.25, -0.2) is 4.98 Å². The highest BCUT2D eigenvalue weighted by Gasteiger charge is 2.16. The van der Waals surface area contributed by atoms with Gasteiger partial charge in [-0.05, 0) is 36.4 Å². The molecule has 0 saturated carbocycles. The Morgan fingerprint density at radius 3 is 2.71 bits per heavy atom. The molecule has 1 heterocycles. The molecule has 2 aromatic rings. The molecular formula is C17H18F2N2OS2. The topological polar surface area (TPSA) is 42.0 Å². The van der Waals surface area contributed by atoms with Gasteiger partial charge in [0.15, 0.2) is 0 Å². The summed E-state index contributed by atoms with van der Waals surface area (Å²) in [7, 11) is 0. The molecule has 0 aliphatic heterocycles. The van der Waals surface area contributed by atoms with Gasteiger partial charge in [-0.3, -0.25) is 4.79 Å². The summed E-state index contributed by atoms with van der Waals surface area (Å²) < 4.78 is 25.0. The molecule has 24 heavy (non-hydrogen) atoms. The molecule has 0 spiro atoms. The quantitative estimate of drug-likeness (QED) is 0.555. The van der Waals surface area contributed by atoms with E-state index >= 15 is 0 Å². The van der Waals surface area contributed by atoms with Crippen LogP contribution in [0.2, 0.25) is 0 Å². The molecule has 0 radical (unpaired) electrons. The molecule has 3 nitrogen and oxygen atoms in total. The number of thioether (sulfide) groups is 2. The van der Waals surface area contributed by atoms with Gasteiger partial charge >= 0.3 is 0 Å². The number of hydrogen-bond donors (Lipinski definition) is 1. The van der Waals surface area contributed by atoms with Crippen molar-refractivity contribution in [2.75, 3.05) is 12.3 Å². The summed E-state index contributed by atoms with van der Waals surface area (Å²) in [4.78, 5) is 15.9. The van der Waals surface area contributed by atoms with E-state index in [1.165, 1.54) is 23.4 Å². The fraction of sp³-hybridized carbons (Fsp3) is 0.294. The third-order valence-electron chi connectivity index (χ3n) is 3.14. The molecule has 7 heteroatoms. The number of alkyl halides is 2. The van der Waals surface area contributed by atoms with Gasteiger partial charge in [0.1, 0.15) is 5.03 Å². The van der Waals surface area contributed by atoms with Gasteiger partial charge in [0.2, 0.25) is 0 Å². The lowest BCUT2D eigenvalue weighted by molar-refractivity contribution is 0.0952. The Bertz CT molecular complexity index is 666. The Balaban J connectivity index is 1.76. The lowest BCUT2D eigenvalue weighted by Gasteiger charge is -2.08. The maximum absolute atomic E-state index is 12.5. The van der Waals surface area contributed by atoms with Crippen molar-refractivity contribution in [2.24, 2.45) is 0 Å². The van der Waals surface area contributed by atoms with Crippen molar-refractivity contribution >= 4 is 29.4 Å². The molecule has 1 amide bonds. The Labute approximate surface area is 148 Å². The van der Waals surface area contributed by atoms with Gasteiger partial charge in [0.05, 0.1) is 5.56 Å². The predicted molar refractivity (Wildman–Crippen MR) is 95.8 cm³/mol. The van der Waals surface area contributed by atoms with Crippen LogP contribution >= 0.6 is 23.5 Å². The average molecular weight is 368 g/mol. The van der Waals surface area contributed by atoms with Crippen LogP contribution < -0.4 is 5.32 Å². The van der Waals surface area contributed by atoms with Crippen LogP contribution in [0.1, 0.15) is 21.5 Å². The minimum Gasteiger partial charge on any atom is -0.351 e. The molecule has 0 unspecified atom stereocenters. The lowest BCUT2D eigenvalue weighted by Crippen LogP contribution is -2.26. The van der Waals surface area contributed by atoms with Crippen molar-refractivity contribution in [3.63, 3.8) is 0 Å². The summed E-state index contributed by atoms with van der Waals surface area (Å²) in [5, 5.41) is 2.80. The Morgan fingerprint density at radius 1 is 1.25 bits per heavy atom. The van der Waals surface area contributed by atoms with Crippen LogP contribution in [0.4, 0.5) is 8.78 Å². The van der Waals surface area contributed by atoms with E-state index in [2.05, 4.69) is 34.6 Å². The number of carbonyl (C=O) groups excluding carboxylic acids is 1. The van der Waals surface area contributed by atoms with Crippen LogP contribution in [0.25, 0.3) is 0 Å². The van der Waals surface area contributed by atoms with Crippen LogP contribution in [0, 0.1) is 6.92 Å². The van der Waals surface area contributed by atoms with Gasteiger partial charge in [-0.2, -0.15) is 20.5 Å². The largest absolute Gasteiger partial charge is 0.351 e. The predicted octanol–water partition coefficient (Wildman–Crippen LogP) is 4.37. The van der Waals surface area contributed by atoms with Gasteiger partial charge in [-0.1, -0.05) is 29.8 Å². The highest BCUT2D eigenvalue weighted by molar-refractivity contribution is 7.99. The number of nitrogens with zero attached hydrogens (tertiary/aromatic N) is 1. The van der Waals surface area contributed by atoms with Crippen molar-refractivity contribution in [2.45, 2.75) is 23.5 Å². The second kappa shape index (κ2) is 9.64. The number of amides is 1. The summed E-state index contributed by atoms with van der Waals surface area (Å²) >= 11 is 1.99. The van der Waals surface area contributed by atoms with Crippen LogP contribution in [0.3, 0.4) is 0 Å². The first kappa shape index (κ1) is 18.7. The zero-order valence-electron chi connectivity index (χ0n) is 13.2. The van der Waals surface area contributed by atoms with Crippen molar-refractivity contribution in [1.82, 2.24) is 10.3 Å². The fourth-order valence-corrected chi connectivity index (χ4v) is 3.35. The number of pyridine rings is 1. The molecule has 0 saturated heterocycles. The Kier molecular flexibility index (Phi) is 7.52. The van der Waals surface area contributed by atoms with Crippen molar-refractivity contribution in [3.8, 4) is 0 Å². The monoisotopic (exact) mass is 368 g/mol. The first-order valence-corrected chi connectivity index (χ1v) is 9.41. The SMILES string of the molecule is Cc1ccc(CSCCNC(=O)c2cccnc2SC(F)F)cc1. The zero-order valence-corrected chi connectivity index (χ0v) is 14.8. The number of halogens is 2. The van der Waals surface area contributed by atoms with Crippen LogP contribution in [0.15, 0.2) is 47.6 Å². The molecule has 0 aliphatic rings. The number of aryl methyl sites for hydroxylation is 1. The van der Waals surface area contributed by atoms with Crippen LogP contribution in [-0.4, -0.2) is 28.9 Å². The first-order chi connectivity index (χ1) is 11.6. The molecule has 0 atom stereocenters. The van der Waals surface area contributed by atoms with E-state index in [9.17, 15) is 13.6 Å². The van der Waals surface area contributed by atoms with Crippen molar-refractivity contribution in [3.05, 3.63) is 59.3 Å². The van der Waals surface area contributed by atoms with E-state index < -0.39 is 5.76 Å². The summed E-state index contributed by atoms with van der Waals surface area (Å²) in [5.74, 6) is -1.36. The molecule has 1 aromatic heterocycles. The minimum absolute atomic E-state index is 0.0531. The zero-order chi connectivity index (χ0) is 17.4. The highest BCUT2D eigenvalue weighted by Crippen LogP contribution is 2.26. The number of benzene rings is 1. The number of nitrogens with one attached hydrogen (secondary N) is 1. The number of aromatic nitrogens is 1. The molecule has 1 N–H and O–H groups in total. The van der Waals surface area contributed by atoms with Crippen molar-refractivity contribution < 1.29 is 13.6 Å². The third-order valence-corrected chi connectivity index (χ3v) is 4.89. The smallest absolute Gasteiger partial charge is 0.290 e. The minimum atomic E-state index is -2.60. The molecule has 0 fully saturated rings. The second-order valence-corrected chi connectivity index (χ2v) is 7.11. The summed E-state index contributed by atoms with van der Waals surface area (Å²) in [5.41, 5.74) is 2.65. The van der Waals surface area contributed by atoms with Gasteiger partial charge in [0, 0.05) is 24.2 Å². The standard InChI is InChI=1S/C17H18F2N2OS2/c1-12-4-6-13(7-5-12)11-23-10-9-20-15(22)14-3-2-8-21-16(14)24-17(18)19/h2-8,17H,9-11H2,1H3,(H,20,22). The van der Waals surface area contributed by atoms with Crippen LogP contribution in [0.5, 0.6) is 0 Å². The Morgan fingerprint density at radius 2 is 2.00 bits per heavy atom. The molecule has 0 bridgehead atoms. The summed E-state index contributed by atoms with van der Waals surface area (Å²) in [6, 6.07) is 11.4. The first-order valence-electron chi connectivity index (χ1n) is 7.37. The maximum atomic E-state index is 12.5. The molecule has 0 aliphatic carbocycles. The van der Waals surface area contributed by atoms with E-state index in [0.717, 1.165) is 11.5 Å². The third kappa shape index (κ3) is 6.13. The van der Waals surface area contributed by atoms with Gasteiger partial charge < -0.3 is 5.32 Å². The van der Waals surface area contributed by atoms with E-state index in [4.69, 9.17) is 0 Å². The van der Waals surface area contributed by atoms with Crippen LogP contribution in [-0.2, 0) is 5.75 Å². The molecular weight excluding hydrogens is 350 g/mol. The Hall–Kier alpha value is -1.60. The lowest BCUT2D eigenvalue weighted by atomic mass is 10.2. The number of rotatable bonds is 8. The number of carbonyl (C=O) groups is 1. The van der Waals surface area contributed by atoms with E-state index in [1.807, 2.05) is 6.92 Å².